The second-order valence-electron chi connectivity index (χ2n) is 6.61. The third-order valence-electron chi connectivity index (χ3n) is 4.37. The molecule has 0 atom stereocenters. The van der Waals surface area contributed by atoms with Gasteiger partial charge < -0.3 is 15.0 Å². The number of rotatable bonds is 9. The fourth-order valence-corrected chi connectivity index (χ4v) is 2.87. The number of benzene rings is 2. The molecule has 0 bridgehead atoms. The lowest BCUT2D eigenvalue weighted by Crippen LogP contribution is -2.33. The lowest BCUT2D eigenvalue weighted by molar-refractivity contribution is -0.123. The SMILES string of the molecule is C=CCN(CC=C)C(=O)c1cc2ccccc2cc1OCC(=O)NC1CC1. The predicted molar refractivity (Wildman–Crippen MR) is 107 cm³/mol. The van der Waals surface area contributed by atoms with Crippen LogP contribution in [0.4, 0.5) is 0 Å². The van der Waals surface area contributed by atoms with Crippen LogP contribution in [0.15, 0.2) is 61.7 Å². The van der Waals surface area contributed by atoms with Crippen LogP contribution in [0, 0.1) is 0 Å². The molecular weight excluding hydrogens is 340 g/mol. The van der Waals surface area contributed by atoms with Crippen molar-refractivity contribution in [1.29, 1.82) is 0 Å². The summed E-state index contributed by atoms with van der Waals surface area (Å²) in [6.45, 7) is 8.11. The smallest absolute Gasteiger partial charge is 0.258 e. The summed E-state index contributed by atoms with van der Waals surface area (Å²) < 4.78 is 5.75. The van der Waals surface area contributed by atoms with Crippen molar-refractivity contribution >= 4 is 22.6 Å². The van der Waals surface area contributed by atoms with Gasteiger partial charge in [-0.3, -0.25) is 9.59 Å². The van der Waals surface area contributed by atoms with E-state index in [9.17, 15) is 9.59 Å². The molecule has 0 spiro atoms. The van der Waals surface area contributed by atoms with Crippen molar-refractivity contribution in [3.63, 3.8) is 0 Å². The van der Waals surface area contributed by atoms with E-state index in [1.54, 1.807) is 17.1 Å². The summed E-state index contributed by atoms with van der Waals surface area (Å²) in [6.07, 6.45) is 5.38. The molecule has 1 saturated carbocycles. The summed E-state index contributed by atoms with van der Waals surface area (Å²) in [6, 6.07) is 11.6. The van der Waals surface area contributed by atoms with Crippen molar-refractivity contribution in [2.45, 2.75) is 18.9 Å². The Kier molecular flexibility index (Phi) is 5.91. The topological polar surface area (TPSA) is 58.6 Å². The van der Waals surface area contributed by atoms with Crippen molar-refractivity contribution < 1.29 is 14.3 Å². The Labute approximate surface area is 159 Å². The molecule has 2 aromatic rings. The van der Waals surface area contributed by atoms with Crippen LogP contribution in [-0.2, 0) is 4.79 Å². The average molecular weight is 364 g/mol. The number of fused-ring (bicyclic) bond motifs is 1. The van der Waals surface area contributed by atoms with Gasteiger partial charge in [0, 0.05) is 19.1 Å². The van der Waals surface area contributed by atoms with Crippen LogP contribution in [0.3, 0.4) is 0 Å². The van der Waals surface area contributed by atoms with Gasteiger partial charge in [-0.1, -0.05) is 36.4 Å². The lowest BCUT2D eigenvalue weighted by Gasteiger charge is -2.21. The second kappa shape index (κ2) is 8.54. The Morgan fingerprint density at radius 3 is 2.33 bits per heavy atom. The first kappa shape index (κ1) is 18.7. The summed E-state index contributed by atoms with van der Waals surface area (Å²) in [4.78, 5) is 26.7. The van der Waals surface area contributed by atoms with Gasteiger partial charge in [0.2, 0.25) is 0 Å². The number of carbonyl (C=O) groups excluding carboxylic acids is 2. The fourth-order valence-electron chi connectivity index (χ4n) is 2.87. The summed E-state index contributed by atoms with van der Waals surface area (Å²) in [7, 11) is 0. The van der Waals surface area contributed by atoms with Crippen molar-refractivity contribution in [2.75, 3.05) is 19.7 Å². The average Bonchev–Trinajstić information content (AvgIpc) is 3.49. The van der Waals surface area contributed by atoms with Crippen molar-refractivity contribution in [1.82, 2.24) is 10.2 Å². The van der Waals surface area contributed by atoms with Gasteiger partial charge in [-0.25, -0.2) is 0 Å². The Balaban J connectivity index is 1.89. The zero-order valence-electron chi connectivity index (χ0n) is 15.3. The lowest BCUT2D eigenvalue weighted by atomic mass is 10.0. The van der Waals surface area contributed by atoms with E-state index >= 15 is 0 Å². The van der Waals surface area contributed by atoms with Crippen LogP contribution in [0.1, 0.15) is 23.2 Å². The van der Waals surface area contributed by atoms with Crippen molar-refractivity contribution in [3.05, 3.63) is 67.3 Å². The van der Waals surface area contributed by atoms with Gasteiger partial charge in [-0.15, -0.1) is 13.2 Å². The summed E-state index contributed by atoms with van der Waals surface area (Å²) in [5.74, 6) is 0.0547. The normalized spacial score (nSPS) is 13.0. The maximum Gasteiger partial charge on any atom is 0.258 e. The van der Waals surface area contributed by atoms with Gasteiger partial charge in [0.25, 0.3) is 11.8 Å². The molecule has 0 radical (unpaired) electrons. The molecule has 1 N–H and O–H groups in total. The van der Waals surface area contributed by atoms with E-state index in [1.807, 2.05) is 36.4 Å². The van der Waals surface area contributed by atoms with Crippen molar-refractivity contribution in [3.8, 4) is 5.75 Å². The standard InChI is InChI=1S/C22H24N2O3/c1-3-11-24(12-4-2)22(26)19-13-16-7-5-6-8-17(16)14-20(19)27-15-21(25)23-18-9-10-18/h3-8,13-14,18H,1-2,9-12,15H2,(H,23,25). The minimum atomic E-state index is -0.182. The first-order valence-corrected chi connectivity index (χ1v) is 9.08. The molecule has 0 unspecified atom stereocenters. The van der Waals surface area contributed by atoms with Gasteiger partial charge in [-0.05, 0) is 35.7 Å². The Bertz CT molecular complexity index is 861. The predicted octanol–water partition coefficient (Wildman–Crippen LogP) is 3.31. The van der Waals surface area contributed by atoms with Gasteiger partial charge in [0.1, 0.15) is 5.75 Å². The van der Waals surface area contributed by atoms with Crippen LogP contribution < -0.4 is 10.1 Å². The third-order valence-corrected chi connectivity index (χ3v) is 4.37. The molecule has 5 nitrogen and oxygen atoms in total. The van der Waals surface area contributed by atoms with Gasteiger partial charge in [0.05, 0.1) is 5.56 Å². The highest BCUT2D eigenvalue weighted by Gasteiger charge is 2.24. The van der Waals surface area contributed by atoms with E-state index in [-0.39, 0.29) is 24.5 Å². The molecule has 2 amide bonds. The minimum absolute atomic E-state index is 0.113. The highest BCUT2D eigenvalue weighted by atomic mass is 16.5. The number of hydrogen-bond donors (Lipinski definition) is 1. The molecule has 5 heteroatoms. The van der Waals surface area contributed by atoms with Crippen LogP contribution >= 0.6 is 0 Å². The number of nitrogens with zero attached hydrogens (tertiary/aromatic N) is 1. The molecule has 0 aliphatic heterocycles. The molecule has 0 saturated heterocycles. The zero-order chi connectivity index (χ0) is 19.2. The van der Waals surface area contributed by atoms with Crippen LogP contribution in [0.25, 0.3) is 10.8 Å². The molecular formula is C22H24N2O3. The molecule has 140 valence electrons. The maximum atomic E-state index is 13.1. The summed E-state index contributed by atoms with van der Waals surface area (Å²) in [5.41, 5.74) is 0.427. The van der Waals surface area contributed by atoms with E-state index in [2.05, 4.69) is 18.5 Å². The number of ether oxygens (including phenoxy) is 1. The van der Waals surface area contributed by atoms with E-state index in [4.69, 9.17) is 4.74 Å². The monoisotopic (exact) mass is 364 g/mol. The van der Waals surface area contributed by atoms with Crippen LogP contribution in [-0.4, -0.2) is 42.5 Å². The quantitative estimate of drug-likeness (QED) is 0.695. The third kappa shape index (κ3) is 4.76. The number of carbonyl (C=O) groups is 2. The molecule has 0 aromatic heterocycles. The number of hydrogen-bond acceptors (Lipinski definition) is 3. The van der Waals surface area contributed by atoms with Crippen LogP contribution in [0.5, 0.6) is 5.75 Å². The van der Waals surface area contributed by atoms with E-state index in [0.29, 0.717) is 24.4 Å². The van der Waals surface area contributed by atoms with Gasteiger partial charge in [0.15, 0.2) is 6.61 Å². The first-order valence-electron chi connectivity index (χ1n) is 9.08. The van der Waals surface area contributed by atoms with E-state index in [1.165, 1.54) is 0 Å². The first-order chi connectivity index (χ1) is 13.1. The molecule has 1 aliphatic rings. The molecule has 2 aromatic carbocycles. The Morgan fingerprint density at radius 1 is 1.11 bits per heavy atom. The fraction of sp³-hybridized carbons (Fsp3) is 0.273. The zero-order valence-corrected chi connectivity index (χ0v) is 15.3. The van der Waals surface area contributed by atoms with Gasteiger partial charge >= 0.3 is 0 Å². The molecule has 3 rings (SSSR count). The second-order valence-corrected chi connectivity index (χ2v) is 6.61. The summed E-state index contributed by atoms with van der Waals surface area (Å²) >= 11 is 0. The number of nitrogens with one attached hydrogen (secondary N) is 1. The largest absolute Gasteiger partial charge is 0.483 e. The van der Waals surface area contributed by atoms with Crippen LogP contribution in [0.2, 0.25) is 0 Å². The Morgan fingerprint density at radius 2 is 1.74 bits per heavy atom. The molecule has 0 heterocycles. The molecule has 1 aliphatic carbocycles. The Hall–Kier alpha value is -3.08. The molecule has 1 fully saturated rings. The minimum Gasteiger partial charge on any atom is -0.483 e. The van der Waals surface area contributed by atoms with E-state index < -0.39 is 0 Å². The van der Waals surface area contributed by atoms with Crippen molar-refractivity contribution in [2.24, 2.45) is 0 Å². The maximum absolute atomic E-state index is 13.1. The van der Waals surface area contributed by atoms with Gasteiger partial charge in [-0.2, -0.15) is 0 Å². The number of amides is 2. The highest BCUT2D eigenvalue weighted by molar-refractivity contribution is 6.02. The van der Waals surface area contributed by atoms with E-state index in [0.717, 1.165) is 23.6 Å². The molecule has 27 heavy (non-hydrogen) atoms. The highest BCUT2D eigenvalue weighted by Crippen LogP contribution is 2.27. The summed E-state index contributed by atoms with van der Waals surface area (Å²) in [5, 5.41) is 4.77.